The number of pyridine rings is 1. The molecule has 3 aromatic rings. The molecule has 0 aliphatic heterocycles. The minimum absolute atomic E-state index is 0.115. The Morgan fingerprint density at radius 3 is 2.44 bits per heavy atom. The van der Waals surface area contributed by atoms with Gasteiger partial charge in [-0.05, 0) is 61.9 Å². The topological polar surface area (TPSA) is 84.8 Å². The molecule has 2 N–H and O–H groups in total. The zero-order valence-corrected chi connectivity index (χ0v) is 18.0. The van der Waals surface area contributed by atoms with Gasteiger partial charge in [0.15, 0.2) is 11.5 Å². The fourth-order valence-electron chi connectivity index (χ4n) is 2.83. The van der Waals surface area contributed by atoms with E-state index in [9.17, 15) is 9.18 Å². The monoisotopic (exact) mass is 436 g/mol. The summed E-state index contributed by atoms with van der Waals surface area (Å²) in [5, 5.41) is 5.58. The normalized spacial score (nSPS) is 11.0. The molecule has 0 fully saturated rings. The van der Waals surface area contributed by atoms with Crippen molar-refractivity contribution in [1.82, 2.24) is 10.3 Å². The number of hydrogen-bond acceptors (Lipinski definition) is 5. The molecule has 0 radical (unpaired) electrons. The highest BCUT2D eigenvalue weighted by atomic mass is 19.1. The highest BCUT2D eigenvalue weighted by Gasteiger charge is 2.14. The number of benzene rings is 2. The van der Waals surface area contributed by atoms with Crippen LogP contribution in [-0.2, 0) is 6.54 Å². The van der Waals surface area contributed by atoms with Gasteiger partial charge in [0.25, 0.3) is 5.91 Å². The van der Waals surface area contributed by atoms with Gasteiger partial charge in [0.1, 0.15) is 5.82 Å². The van der Waals surface area contributed by atoms with E-state index in [0.717, 1.165) is 5.56 Å². The van der Waals surface area contributed by atoms with E-state index in [-0.39, 0.29) is 18.2 Å². The average Bonchev–Trinajstić information content (AvgIpc) is 2.81. The maximum Gasteiger partial charge on any atom is 0.258 e. The number of aromatic nitrogens is 1. The first-order valence-electron chi connectivity index (χ1n) is 10.3. The summed E-state index contributed by atoms with van der Waals surface area (Å²) in [4.78, 5) is 21.3. The molecule has 0 unspecified atom stereocenters. The molecule has 0 atom stereocenters. The van der Waals surface area contributed by atoms with Crippen molar-refractivity contribution in [3.63, 3.8) is 0 Å². The van der Waals surface area contributed by atoms with Gasteiger partial charge in [0, 0.05) is 18.0 Å². The molecule has 7 nitrogen and oxygen atoms in total. The summed E-state index contributed by atoms with van der Waals surface area (Å²) < 4.78 is 25.3. The molecule has 0 aliphatic carbocycles. The zero-order valence-electron chi connectivity index (χ0n) is 18.0. The molecule has 3 rings (SSSR count). The van der Waals surface area contributed by atoms with E-state index in [2.05, 4.69) is 20.6 Å². The summed E-state index contributed by atoms with van der Waals surface area (Å²) in [7, 11) is 0. The Bertz CT molecular complexity index is 1070. The van der Waals surface area contributed by atoms with Crippen LogP contribution >= 0.6 is 0 Å². The van der Waals surface area contributed by atoms with Gasteiger partial charge in [-0.3, -0.25) is 15.1 Å². The molecule has 0 saturated carbocycles. The minimum atomic E-state index is -0.460. The SMILES string of the molecule is CCOc1ccc(C(=O)NC(=NCc2ccncc2)Nc2ccccc2F)cc1OCC. The van der Waals surface area contributed by atoms with Crippen LogP contribution in [0, 0.1) is 5.82 Å². The summed E-state index contributed by atoms with van der Waals surface area (Å²) in [5.41, 5.74) is 1.44. The fraction of sp³-hybridized carbons (Fsp3) is 0.208. The number of carbonyl (C=O) groups excluding carboxylic acids is 1. The van der Waals surface area contributed by atoms with E-state index in [1.165, 1.54) is 6.07 Å². The van der Waals surface area contributed by atoms with Gasteiger partial charge >= 0.3 is 0 Å². The van der Waals surface area contributed by atoms with Crippen LogP contribution in [0.1, 0.15) is 29.8 Å². The molecule has 1 heterocycles. The second-order valence-corrected chi connectivity index (χ2v) is 6.61. The number of ether oxygens (including phenoxy) is 2. The molecule has 0 bridgehead atoms. The van der Waals surface area contributed by atoms with E-state index in [1.807, 2.05) is 26.0 Å². The molecule has 0 spiro atoms. The fourth-order valence-corrected chi connectivity index (χ4v) is 2.83. The van der Waals surface area contributed by atoms with Gasteiger partial charge < -0.3 is 14.8 Å². The first kappa shape index (κ1) is 22.7. The van der Waals surface area contributed by atoms with Gasteiger partial charge in [0.2, 0.25) is 5.96 Å². The van der Waals surface area contributed by atoms with E-state index < -0.39 is 11.7 Å². The molecule has 8 heteroatoms. The third-order valence-corrected chi connectivity index (χ3v) is 4.33. The van der Waals surface area contributed by atoms with Crippen LogP contribution in [0.15, 0.2) is 72.0 Å². The van der Waals surface area contributed by atoms with Crippen LogP contribution in [0.5, 0.6) is 11.5 Å². The largest absolute Gasteiger partial charge is 0.490 e. The lowest BCUT2D eigenvalue weighted by molar-refractivity contribution is 0.0976. The van der Waals surface area contributed by atoms with Crippen LogP contribution in [-0.4, -0.2) is 30.1 Å². The van der Waals surface area contributed by atoms with Crippen molar-refractivity contribution in [3.8, 4) is 11.5 Å². The highest BCUT2D eigenvalue weighted by molar-refractivity contribution is 6.10. The molecule has 1 amide bonds. The molecule has 2 aromatic carbocycles. The predicted octanol–water partition coefficient (Wildman–Crippen LogP) is 4.42. The highest BCUT2D eigenvalue weighted by Crippen LogP contribution is 2.28. The van der Waals surface area contributed by atoms with Crippen molar-refractivity contribution >= 4 is 17.6 Å². The Hall–Kier alpha value is -3.94. The third-order valence-electron chi connectivity index (χ3n) is 4.33. The van der Waals surface area contributed by atoms with E-state index in [1.54, 1.807) is 48.8 Å². The molecule has 166 valence electrons. The number of anilines is 1. The Labute approximate surface area is 186 Å². The second kappa shape index (κ2) is 11.5. The third kappa shape index (κ3) is 6.28. The summed E-state index contributed by atoms with van der Waals surface area (Å²) in [6.45, 7) is 4.90. The number of amides is 1. The molecule has 1 aromatic heterocycles. The minimum Gasteiger partial charge on any atom is -0.490 e. The quantitative estimate of drug-likeness (QED) is 0.403. The van der Waals surface area contributed by atoms with Crippen LogP contribution in [0.25, 0.3) is 0 Å². The lowest BCUT2D eigenvalue weighted by Crippen LogP contribution is -2.36. The Kier molecular flexibility index (Phi) is 8.14. The number of halogens is 1. The van der Waals surface area contributed by atoms with E-state index in [0.29, 0.717) is 30.3 Å². The lowest BCUT2D eigenvalue weighted by Gasteiger charge is -2.14. The van der Waals surface area contributed by atoms with Crippen LogP contribution in [0.4, 0.5) is 10.1 Å². The number of nitrogens with one attached hydrogen (secondary N) is 2. The summed E-state index contributed by atoms with van der Waals surface area (Å²) in [6.07, 6.45) is 3.31. The Balaban J connectivity index is 1.84. The summed E-state index contributed by atoms with van der Waals surface area (Å²) in [5.74, 6) is 0.259. The number of rotatable bonds is 8. The van der Waals surface area contributed by atoms with Gasteiger partial charge in [0.05, 0.1) is 25.4 Å². The summed E-state index contributed by atoms with van der Waals surface area (Å²) >= 11 is 0. The first-order valence-corrected chi connectivity index (χ1v) is 10.3. The first-order chi connectivity index (χ1) is 15.6. The van der Waals surface area contributed by atoms with Crippen molar-refractivity contribution in [1.29, 1.82) is 0 Å². The van der Waals surface area contributed by atoms with Crippen LogP contribution in [0.3, 0.4) is 0 Å². The smallest absolute Gasteiger partial charge is 0.258 e. The standard InChI is InChI=1S/C24H25FN4O3/c1-3-31-21-10-9-18(15-22(21)32-4-2)23(30)29-24(27-16-17-11-13-26-14-12-17)28-20-8-6-5-7-19(20)25/h5-15H,3-4,16H2,1-2H3,(H2,27,28,29,30). The molecular formula is C24H25FN4O3. The maximum absolute atomic E-state index is 14.2. The predicted molar refractivity (Wildman–Crippen MR) is 122 cm³/mol. The Morgan fingerprint density at radius 1 is 1.00 bits per heavy atom. The van der Waals surface area contributed by atoms with Crippen LogP contribution in [0.2, 0.25) is 0 Å². The van der Waals surface area contributed by atoms with Gasteiger partial charge in [-0.2, -0.15) is 0 Å². The van der Waals surface area contributed by atoms with E-state index >= 15 is 0 Å². The van der Waals surface area contributed by atoms with Gasteiger partial charge in [-0.25, -0.2) is 9.38 Å². The molecule has 32 heavy (non-hydrogen) atoms. The number of aliphatic imine (C=N–C) groups is 1. The number of nitrogens with zero attached hydrogens (tertiary/aromatic N) is 2. The van der Waals surface area contributed by atoms with Crippen molar-refractivity contribution in [2.24, 2.45) is 4.99 Å². The zero-order chi connectivity index (χ0) is 22.8. The molecule has 0 aliphatic rings. The van der Waals surface area contributed by atoms with Crippen molar-refractivity contribution < 1.29 is 18.7 Å². The second-order valence-electron chi connectivity index (χ2n) is 6.61. The number of guanidine groups is 1. The van der Waals surface area contributed by atoms with Gasteiger partial charge in [-0.15, -0.1) is 0 Å². The lowest BCUT2D eigenvalue weighted by atomic mass is 10.2. The maximum atomic E-state index is 14.2. The van der Waals surface area contributed by atoms with Crippen LogP contribution < -0.4 is 20.1 Å². The number of carbonyl (C=O) groups is 1. The Morgan fingerprint density at radius 2 is 1.72 bits per heavy atom. The number of hydrogen-bond donors (Lipinski definition) is 2. The van der Waals surface area contributed by atoms with Gasteiger partial charge in [-0.1, -0.05) is 12.1 Å². The van der Waals surface area contributed by atoms with E-state index in [4.69, 9.17) is 9.47 Å². The van der Waals surface area contributed by atoms with Crippen molar-refractivity contribution in [2.45, 2.75) is 20.4 Å². The molecule has 0 saturated heterocycles. The van der Waals surface area contributed by atoms with Crippen molar-refractivity contribution in [2.75, 3.05) is 18.5 Å². The summed E-state index contributed by atoms with van der Waals surface area (Å²) in [6, 6.07) is 14.7. The molecular weight excluding hydrogens is 411 g/mol. The number of para-hydroxylation sites is 1. The average molecular weight is 436 g/mol. The van der Waals surface area contributed by atoms with Crippen molar-refractivity contribution in [3.05, 3.63) is 83.9 Å².